The molecular weight excluding hydrogens is 446 g/mol. The lowest BCUT2D eigenvalue weighted by Crippen LogP contribution is -2.23. The van der Waals surface area contributed by atoms with Gasteiger partial charge >= 0.3 is 0 Å². The van der Waals surface area contributed by atoms with E-state index in [2.05, 4.69) is 31.8 Å². The van der Waals surface area contributed by atoms with Gasteiger partial charge in [0.15, 0.2) is 0 Å². The van der Waals surface area contributed by atoms with Gasteiger partial charge in [0, 0.05) is 21.6 Å². The monoisotopic (exact) mass is 463 g/mol. The Morgan fingerprint density at radius 2 is 1.80 bits per heavy atom. The number of carbonyl (C=O) groups is 1. The Hall–Kier alpha value is -3.58. The summed E-state index contributed by atoms with van der Waals surface area (Å²) in [7, 11) is 0. The van der Waals surface area contributed by atoms with Crippen LogP contribution in [0, 0.1) is 6.92 Å². The van der Waals surface area contributed by atoms with E-state index in [1.165, 1.54) is 12.1 Å². The smallest absolute Gasteiger partial charge is 0.261 e. The molecule has 0 bridgehead atoms. The molecule has 0 aliphatic heterocycles. The average Bonchev–Trinajstić information content (AvgIpc) is 2.74. The number of phenolic OH excluding ortho intramolecular Hbond substituents is 1. The topological polar surface area (TPSA) is 86.9 Å². The average molecular weight is 464 g/mol. The van der Waals surface area contributed by atoms with Gasteiger partial charge in [-0.1, -0.05) is 34.1 Å². The first-order valence-corrected chi connectivity index (χ1v) is 9.98. The Balaban J connectivity index is 1.77. The number of anilines is 2. The molecule has 7 heteroatoms. The summed E-state index contributed by atoms with van der Waals surface area (Å²) in [5, 5.41) is 17.6. The van der Waals surface area contributed by atoms with Gasteiger partial charge in [0.25, 0.3) is 5.91 Å². The fraction of sp³-hybridized carbons (Fsp3) is 0.0435. The number of aromatic hydroxyl groups is 1. The molecule has 0 fully saturated rings. The molecule has 1 aromatic heterocycles. The molecule has 0 saturated carbocycles. The molecule has 0 radical (unpaired) electrons. The third-order valence-electron chi connectivity index (χ3n) is 4.50. The Labute approximate surface area is 181 Å². The predicted octanol–water partition coefficient (Wildman–Crippen LogP) is 5.39. The lowest BCUT2D eigenvalue weighted by molar-refractivity contribution is 0.102. The second kappa shape index (κ2) is 8.42. The minimum Gasteiger partial charge on any atom is -0.508 e. The van der Waals surface area contributed by atoms with Gasteiger partial charge in [0.2, 0.25) is 5.55 Å². The fourth-order valence-electron chi connectivity index (χ4n) is 2.90. The normalized spacial score (nSPS) is 11.5. The summed E-state index contributed by atoms with van der Waals surface area (Å²) < 4.78 is 6.79. The molecule has 150 valence electrons. The number of benzene rings is 3. The summed E-state index contributed by atoms with van der Waals surface area (Å²) in [6.07, 6.45) is 0. The van der Waals surface area contributed by atoms with E-state index >= 15 is 0 Å². The van der Waals surface area contributed by atoms with E-state index < -0.39 is 0 Å². The van der Waals surface area contributed by atoms with Crippen molar-refractivity contribution in [1.29, 1.82) is 0 Å². The maximum atomic E-state index is 13.0. The van der Waals surface area contributed by atoms with Crippen LogP contribution >= 0.6 is 15.9 Å². The number of para-hydroxylation sites is 1. The Bertz CT molecular complexity index is 1300. The molecule has 0 aliphatic rings. The van der Waals surface area contributed by atoms with E-state index in [4.69, 9.17) is 4.42 Å². The van der Waals surface area contributed by atoms with Crippen molar-refractivity contribution in [3.05, 3.63) is 94.0 Å². The zero-order valence-electron chi connectivity index (χ0n) is 16.0. The third kappa shape index (κ3) is 4.36. The fourth-order valence-corrected chi connectivity index (χ4v) is 3.16. The van der Waals surface area contributed by atoms with Crippen molar-refractivity contribution in [2.24, 2.45) is 5.10 Å². The van der Waals surface area contributed by atoms with Gasteiger partial charge in [-0.2, -0.15) is 0 Å². The van der Waals surface area contributed by atoms with Gasteiger partial charge in [-0.3, -0.25) is 10.2 Å². The maximum absolute atomic E-state index is 13.0. The largest absolute Gasteiger partial charge is 0.508 e. The quantitative estimate of drug-likeness (QED) is 0.354. The molecule has 0 saturated heterocycles. The van der Waals surface area contributed by atoms with Crippen LogP contribution in [0.4, 0.5) is 11.4 Å². The van der Waals surface area contributed by atoms with Crippen molar-refractivity contribution < 1.29 is 14.3 Å². The number of hydrogen-bond donors (Lipinski definition) is 3. The van der Waals surface area contributed by atoms with E-state index in [0.717, 1.165) is 15.7 Å². The van der Waals surface area contributed by atoms with E-state index in [1.54, 1.807) is 12.1 Å². The first kappa shape index (κ1) is 19.7. The Kier molecular flexibility index (Phi) is 5.54. The molecule has 3 aromatic carbocycles. The number of nitrogens with one attached hydrogen (secondary N) is 2. The maximum Gasteiger partial charge on any atom is 0.261 e. The molecule has 0 aliphatic carbocycles. The molecule has 30 heavy (non-hydrogen) atoms. The number of rotatable bonds is 4. The Morgan fingerprint density at radius 3 is 2.57 bits per heavy atom. The lowest BCUT2D eigenvalue weighted by atomic mass is 10.1. The molecular formula is C23H18BrN3O3. The number of amides is 1. The van der Waals surface area contributed by atoms with Crippen LogP contribution in [0.5, 0.6) is 5.75 Å². The molecule has 4 rings (SSSR count). The van der Waals surface area contributed by atoms with Crippen LogP contribution in [0.25, 0.3) is 11.0 Å². The van der Waals surface area contributed by atoms with E-state index in [9.17, 15) is 9.90 Å². The molecule has 6 nitrogen and oxygen atoms in total. The van der Waals surface area contributed by atoms with Gasteiger partial charge in [-0.25, -0.2) is 0 Å². The van der Waals surface area contributed by atoms with Gasteiger partial charge in [-0.15, -0.1) is 5.10 Å². The molecule has 0 unspecified atom stereocenters. The van der Waals surface area contributed by atoms with Crippen LogP contribution in [0.2, 0.25) is 0 Å². The van der Waals surface area contributed by atoms with Crippen LogP contribution in [-0.2, 0) is 0 Å². The van der Waals surface area contributed by atoms with Crippen molar-refractivity contribution >= 4 is 44.2 Å². The van der Waals surface area contributed by atoms with Gasteiger partial charge in [0.1, 0.15) is 16.9 Å². The van der Waals surface area contributed by atoms with Crippen LogP contribution in [0.3, 0.4) is 0 Å². The van der Waals surface area contributed by atoms with Gasteiger partial charge in [-0.05, 0) is 61.0 Å². The number of halogens is 1. The van der Waals surface area contributed by atoms with Crippen LogP contribution in [-0.4, -0.2) is 11.0 Å². The highest BCUT2D eigenvalue weighted by atomic mass is 79.9. The minimum absolute atomic E-state index is 0.0650. The highest BCUT2D eigenvalue weighted by molar-refractivity contribution is 9.10. The minimum atomic E-state index is -0.348. The predicted molar refractivity (Wildman–Crippen MR) is 120 cm³/mol. The van der Waals surface area contributed by atoms with Crippen LogP contribution in [0.1, 0.15) is 15.9 Å². The van der Waals surface area contributed by atoms with Crippen molar-refractivity contribution in [1.82, 2.24) is 0 Å². The van der Waals surface area contributed by atoms with Crippen LogP contribution in [0.15, 0.2) is 86.8 Å². The summed E-state index contributed by atoms with van der Waals surface area (Å²) in [6, 6.07) is 21.3. The SMILES string of the molecule is Cc1ccccc1NC(=O)c1cc2ccc(O)cc2o/c1=N/Nc1ccc(Br)cc1. The molecule has 1 amide bonds. The number of carbonyl (C=O) groups excluding carboxylic acids is 1. The number of fused-ring (bicyclic) bond motifs is 1. The van der Waals surface area contributed by atoms with E-state index in [1.807, 2.05) is 55.5 Å². The zero-order valence-corrected chi connectivity index (χ0v) is 17.6. The standard InChI is InChI=1S/C23H18BrN3O3/c1-14-4-2-3-5-20(14)25-22(29)19-12-15-6-11-18(28)13-21(15)30-23(19)27-26-17-9-7-16(24)8-10-17/h2-13,26,28H,1H3,(H,25,29)/b27-23+. The molecule has 0 spiro atoms. The summed E-state index contributed by atoms with van der Waals surface area (Å²) in [4.78, 5) is 13.0. The highest BCUT2D eigenvalue weighted by Gasteiger charge is 2.14. The second-order valence-corrected chi connectivity index (χ2v) is 7.60. The summed E-state index contributed by atoms with van der Waals surface area (Å²) in [5.41, 5.74) is 6.07. The van der Waals surface area contributed by atoms with Gasteiger partial charge < -0.3 is 14.8 Å². The molecule has 0 atom stereocenters. The molecule has 4 aromatic rings. The van der Waals surface area contributed by atoms with Crippen LogP contribution < -0.4 is 16.3 Å². The molecule has 1 heterocycles. The summed E-state index contributed by atoms with van der Waals surface area (Å²) in [5.74, 6) is -0.283. The second-order valence-electron chi connectivity index (χ2n) is 6.69. The first-order valence-electron chi connectivity index (χ1n) is 9.19. The third-order valence-corrected chi connectivity index (χ3v) is 5.03. The molecule has 3 N–H and O–H groups in total. The lowest BCUT2D eigenvalue weighted by Gasteiger charge is -2.09. The van der Waals surface area contributed by atoms with Gasteiger partial charge in [0.05, 0.1) is 5.69 Å². The number of hydrogen-bond acceptors (Lipinski definition) is 5. The number of phenols is 1. The van der Waals surface area contributed by atoms with E-state index in [0.29, 0.717) is 16.7 Å². The first-order chi connectivity index (χ1) is 14.5. The summed E-state index contributed by atoms with van der Waals surface area (Å²) in [6.45, 7) is 1.92. The highest BCUT2D eigenvalue weighted by Crippen LogP contribution is 2.21. The number of nitrogens with zero attached hydrogens (tertiary/aromatic N) is 1. The van der Waals surface area contributed by atoms with Crippen molar-refractivity contribution in [2.45, 2.75) is 6.92 Å². The number of aryl methyl sites for hydroxylation is 1. The van der Waals surface area contributed by atoms with Crippen molar-refractivity contribution in [3.63, 3.8) is 0 Å². The summed E-state index contributed by atoms with van der Waals surface area (Å²) >= 11 is 3.39. The zero-order chi connectivity index (χ0) is 21.1. The van der Waals surface area contributed by atoms with E-state index in [-0.39, 0.29) is 22.8 Å². The van der Waals surface area contributed by atoms with Crippen molar-refractivity contribution in [3.8, 4) is 5.75 Å². The Morgan fingerprint density at radius 1 is 1.03 bits per heavy atom. The van der Waals surface area contributed by atoms with Crippen molar-refractivity contribution in [2.75, 3.05) is 10.7 Å².